The Balaban J connectivity index is 2.84. The van der Waals surface area contributed by atoms with E-state index in [1.54, 1.807) is 4.90 Å². The zero-order valence-corrected chi connectivity index (χ0v) is 8.25. The molecule has 0 bridgehead atoms. The van der Waals surface area contributed by atoms with Crippen molar-refractivity contribution >= 4 is 5.91 Å². The van der Waals surface area contributed by atoms with Gasteiger partial charge in [0.2, 0.25) is 5.91 Å². The van der Waals surface area contributed by atoms with Crippen LogP contribution in [0.3, 0.4) is 0 Å². The number of rotatable bonds is 4. The zero-order chi connectivity index (χ0) is 9.90. The monoisotopic (exact) mass is 179 g/mol. The zero-order valence-electron chi connectivity index (χ0n) is 8.25. The first-order valence-electron chi connectivity index (χ1n) is 4.63. The molecule has 0 atom stereocenters. The standard InChI is InChI=1S/C11H17NO/c1-4-6-11(7-5-2)8-9-12(3)10(11)13/h4-5H,1-2,6-9H2,3H3. The van der Waals surface area contributed by atoms with Crippen molar-refractivity contribution in [2.24, 2.45) is 5.41 Å². The van der Waals surface area contributed by atoms with E-state index in [9.17, 15) is 4.79 Å². The van der Waals surface area contributed by atoms with E-state index in [4.69, 9.17) is 0 Å². The van der Waals surface area contributed by atoms with Crippen molar-refractivity contribution in [1.82, 2.24) is 4.90 Å². The molecular formula is C11H17NO. The summed E-state index contributed by atoms with van der Waals surface area (Å²) < 4.78 is 0. The molecule has 1 heterocycles. The molecule has 2 heteroatoms. The lowest BCUT2D eigenvalue weighted by Gasteiger charge is -2.23. The molecule has 1 fully saturated rings. The van der Waals surface area contributed by atoms with Crippen molar-refractivity contribution in [2.75, 3.05) is 13.6 Å². The van der Waals surface area contributed by atoms with Gasteiger partial charge in [-0.05, 0) is 19.3 Å². The molecule has 1 aliphatic heterocycles. The molecule has 1 aliphatic rings. The lowest BCUT2D eigenvalue weighted by Crippen LogP contribution is -2.31. The highest BCUT2D eigenvalue weighted by molar-refractivity contribution is 5.84. The van der Waals surface area contributed by atoms with Gasteiger partial charge in [-0.25, -0.2) is 0 Å². The SMILES string of the molecule is C=CCC1(CC=C)CCN(C)C1=O. The van der Waals surface area contributed by atoms with Crippen molar-refractivity contribution < 1.29 is 4.79 Å². The van der Waals surface area contributed by atoms with Gasteiger partial charge in [-0.15, -0.1) is 13.2 Å². The predicted octanol–water partition coefficient (Wildman–Crippen LogP) is 1.99. The average molecular weight is 179 g/mol. The first kappa shape index (κ1) is 10.0. The largest absolute Gasteiger partial charge is 0.345 e. The third-order valence-corrected chi connectivity index (χ3v) is 2.80. The molecule has 0 aliphatic carbocycles. The van der Waals surface area contributed by atoms with Crippen molar-refractivity contribution in [3.63, 3.8) is 0 Å². The van der Waals surface area contributed by atoms with Crippen molar-refractivity contribution in [1.29, 1.82) is 0 Å². The topological polar surface area (TPSA) is 20.3 Å². The molecule has 2 nitrogen and oxygen atoms in total. The Bertz CT molecular complexity index is 222. The fourth-order valence-corrected chi connectivity index (χ4v) is 2.01. The molecule has 0 unspecified atom stereocenters. The summed E-state index contributed by atoms with van der Waals surface area (Å²) in [6.07, 6.45) is 6.13. The van der Waals surface area contributed by atoms with E-state index in [1.807, 2.05) is 19.2 Å². The molecule has 0 radical (unpaired) electrons. The third-order valence-electron chi connectivity index (χ3n) is 2.80. The summed E-state index contributed by atoms with van der Waals surface area (Å²) in [6, 6.07) is 0. The number of amides is 1. The highest BCUT2D eigenvalue weighted by atomic mass is 16.2. The van der Waals surface area contributed by atoms with Crippen molar-refractivity contribution in [2.45, 2.75) is 19.3 Å². The molecule has 1 saturated heterocycles. The van der Waals surface area contributed by atoms with Crippen LogP contribution in [0.15, 0.2) is 25.3 Å². The van der Waals surface area contributed by atoms with Gasteiger partial charge >= 0.3 is 0 Å². The highest BCUT2D eigenvalue weighted by Gasteiger charge is 2.42. The molecule has 0 aromatic carbocycles. The smallest absolute Gasteiger partial charge is 0.229 e. The van der Waals surface area contributed by atoms with E-state index in [-0.39, 0.29) is 11.3 Å². The van der Waals surface area contributed by atoms with Gasteiger partial charge in [0.05, 0.1) is 5.41 Å². The van der Waals surface area contributed by atoms with Crippen LogP contribution in [0.5, 0.6) is 0 Å². The van der Waals surface area contributed by atoms with E-state index >= 15 is 0 Å². The molecule has 0 saturated carbocycles. The number of nitrogens with zero attached hydrogens (tertiary/aromatic N) is 1. The summed E-state index contributed by atoms with van der Waals surface area (Å²) in [5.74, 6) is 0.243. The van der Waals surface area contributed by atoms with Crippen LogP contribution in [-0.2, 0) is 4.79 Å². The molecule has 0 spiro atoms. The Kier molecular flexibility index (Phi) is 2.91. The quantitative estimate of drug-likeness (QED) is 0.604. The summed E-state index contributed by atoms with van der Waals surface area (Å²) in [7, 11) is 1.86. The van der Waals surface area contributed by atoms with Gasteiger partial charge in [0.15, 0.2) is 0 Å². The maximum absolute atomic E-state index is 11.8. The average Bonchev–Trinajstić information content (AvgIpc) is 2.36. The van der Waals surface area contributed by atoms with Crippen LogP contribution in [-0.4, -0.2) is 24.4 Å². The maximum atomic E-state index is 11.8. The van der Waals surface area contributed by atoms with Gasteiger partial charge < -0.3 is 4.90 Å². The molecule has 1 amide bonds. The summed E-state index contributed by atoms with van der Waals surface area (Å²) in [6.45, 7) is 8.27. The second-order valence-corrected chi connectivity index (χ2v) is 3.74. The van der Waals surface area contributed by atoms with Crippen LogP contribution >= 0.6 is 0 Å². The summed E-state index contributed by atoms with van der Waals surface area (Å²) in [5, 5.41) is 0. The van der Waals surface area contributed by atoms with Gasteiger partial charge in [-0.1, -0.05) is 12.2 Å². The van der Waals surface area contributed by atoms with Crippen LogP contribution in [0.4, 0.5) is 0 Å². The third kappa shape index (κ3) is 1.67. The van der Waals surface area contributed by atoms with Gasteiger partial charge in [0, 0.05) is 13.6 Å². The molecule has 13 heavy (non-hydrogen) atoms. The van der Waals surface area contributed by atoms with Gasteiger partial charge in [-0.2, -0.15) is 0 Å². The minimum atomic E-state index is -0.224. The van der Waals surface area contributed by atoms with E-state index in [0.717, 1.165) is 25.8 Å². The summed E-state index contributed by atoms with van der Waals surface area (Å²) in [4.78, 5) is 13.6. The minimum Gasteiger partial charge on any atom is -0.345 e. The second kappa shape index (κ2) is 3.77. The van der Waals surface area contributed by atoms with Crippen LogP contribution in [0.25, 0.3) is 0 Å². The Labute approximate surface area is 79.9 Å². The fourth-order valence-electron chi connectivity index (χ4n) is 2.01. The van der Waals surface area contributed by atoms with Crippen molar-refractivity contribution in [3.05, 3.63) is 25.3 Å². The molecule has 0 aromatic rings. The normalized spacial score (nSPS) is 20.4. The molecule has 0 aromatic heterocycles. The minimum absolute atomic E-state index is 0.224. The number of carbonyl (C=O) groups excluding carboxylic acids is 1. The lowest BCUT2D eigenvalue weighted by atomic mass is 9.80. The van der Waals surface area contributed by atoms with E-state index in [2.05, 4.69) is 13.2 Å². The van der Waals surface area contributed by atoms with Crippen molar-refractivity contribution in [3.8, 4) is 0 Å². The van der Waals surface area contributed by atoms with Gasteiger partial charge in [-0.3, -0.25) is 4.79 Å². The number of allylic oxidation sites excluding steroid dienone is 2. The number of carbonyl (C=O) groups is 1. The van der Waals surface area contributed by atoms with Crippen LogP contribution in [0.1, 0.15) is 19.3 Å². The number of likely N-dealkylation sites (tertiary alicyclic amines) is 1. The number of hydrogen-bond donors (Lipinski definition) is 0. The summed E-state index contributed by atoms with van der Waals surface area (Å²) >= 11 is 0. The Morgan fingerprint density at radius 2 is 2.00 bits per heavy atom. The van der Waals surface area contributed by atoms with Crippen LogP contribution < -0.4 is 0 Å². The Morgan fingerprint density at radius 1 is 1.46 bits per heavy atom. The first-order chi connectivity index (χ1) is 6.16. The van der Waals surface area contributed by atoms with E-state index in [1.165, 1.54) is 0 Å². The Hall–Kier alpha value is -1.05. The van der Waals surface area contributed by atoms with E-state index in [0.29, 0.717) is 0 Å². The predicted molar refractivity (Wildman–Crippen MR) is 54.3 cm³/mol. The van der Waals surface area contributed by atoms with Gasteiger partial charge in [0.25, 0.3) is 0 Å². The number of hydrogen-bond acceptors (Lipinski definition) is 1. The van der Waals surface area contributed by atoms with Crippen LogP contribution in [0, 0.1) is 5.41 Å². The molecule has 1 rings (SSSR count). The molecular weight excluding hydrogens is 162 g/mol. The Morgan fingerprint density at radius 3 is 2.31 bits per heavy atom. The maximum Gasteiger partial charge on any atom is 0.229 e. The molecule has 0 N–H and O–H groups in total. The van der Waals surface area contributed by atoms with Gasteiger partial charge in [0.1, 0.15) is 0 Å². The fraction of sp³-hybridized carbons (Fsp3) is 0.545. The first-order valence-corrected chi connectivity index (χ1v) is 4.63. The van der Waals surface area contributed by atoms with E-state index < -0.39 is 0 Å². The van der Waals surface area contributed by atoms with Crippen LogP contribution in [0.2, 0.25) is 0 Å². The highest BCUT2D eigenvalue weighted by Crippen LogP contribution is 2.38. The summed E-state index contributed by atoms with van der Waals surface area (Å²) in [5.41, 5.74) is -0.224. The second-order valence-electron chi connectivity index (χ2n) is 3.74. The molecule has 72 valence electrons. The lowest BCUT2D eigenvalue weighted by molar-refractivity contribution is -0.134.